The van der Waals surface area contributed by atoms with Crippen LogP contribution in [-0.2, 0) is 9.59 Å². The number of carbonyl (C=O) groups is 2. The Morgan fingerprint density at radius 1 is 1.29 bits per heavy atom. The first-order chi connectivity index (χ1) is 10.3. The minimum absolute atomic E-state index is 0.0699. The fourth-order valence-corrected chi connectivity index (χ4v) is 4.07. The molecule has 1 atom stereocenters. The minimum atomic E-state index is 0.0699. The molecule has 0 aliphatic carbocycles. The number of carbonyl (C=O) groups excluding carboxylic acids is 2. The number of pyridine rings is 1. The van der Waals surface area contributed by atoms with Crippen molar-refractivity contribution in [3.63, 3.8) is 0 Å². The molecule has 2 aliphatic heterocycles. The van der Waals surface area contributed by atoms with E-state index in [0.717, 1.165) is 31.5 Å². The third kappa shape index (κ3) is 3.20. The van der Waals surface area contributed by atoms with Crippen molar-refractivity contribution >= 4 is 23.6 Å². The van der Waals surface area contributed by atoms with Crippen molar-refractivity contribution < 1.29 is 9.59 Å². The highest BCUT2D eigenvalue weighted by atomic mass is 32.2. The van der Waals surface area contributed by atoms with E-state index in [-0.39, 0.29) is 17.2 Å². The Morgan fingerprint density at radius 2 is 2.19 bits per heavy atom. The molecule has 6 heteroatoms. The van der Waals surface area contributed by atoms with Crippen molar-refractivity contribution in [1.82, 2.24) is 14.8 Å². The molecule has 2 fully saturated rings. The molecule has 0 N–H and O–H groups in total. The Labute approximate surface area is 128 Å². The Kier molecular flexibility index (Phi) is 4.43. The first-order valence-corrected chi connectivity index (χ1v) is 8.39. The molecule has 0 spiro atoms. The van der Waals surface area contributed by atoms with Crippen LogP contribution in [0.15, 0.2) is 24.5 Å². The monoisotopic (exact) mass is 305 g/mol. The van der Waals surface area contributed by atoms with Gasteiger partial charge in [0.1, 0.15) is 5.37 Å². The second-order valence-electron chi connectivity index (χ2n) is 5.37. The second kappa shape index (κ2) is 6.47. The summed E-state index contributed by atoms with van der Waals surface area (Å²) in [5.74, 6) is 0.963. The van der Waals surface area contributed by atoms with E-state index in [0.29, 0.717) is 18.7 Å². The zero-order valence-corrected chi connectivity index (χ0v) is 12.7. The van der Waals surface area contributed by atoms with Gasteiger partial charge in [0.25, 0.3) is 0 Å². The minimum Gasteiger partial charge on any atom is -0.343 e. The SMILES string of the molecule is O=C1CCCN1CCCN1C(=O)CSC1c1cccnc1. The van der Waals surface area contributed by atoms with Gasteiger partial charge in [-0.25, -0.2) is 0 Å². The number of thioether (sulfide) groups is 1. The maximum absolute atomic E-state index is 12.1. The molecule has 1 aromatic rings. The predicted molar refractivity (Wildman–Crippen MR) is 81.6 cm³/mol. The van der Waals surface area contributed by atoms with Crippen LogP contribution in [0.2, 0.25) is 0 Å². The molecule has 0 bridgehead atoms. The van der Waals surface area contributed by atoms with E-state index in [9.17, 15) is 9.59 Å². The van der Waals surface area contributed by atoms with Gasteiger partial charge in [-0.15, -0.1) is 11.8 Å². The van der Waals surface area contributed by atoms with Crippen molar-refractivity contribution in [2.75, 3.05) is 25.4 Å². The molecule has 2 aliphatic rings. The van der Waals surface area contributed by atoms with Gasteiger partial charge >= 0.3 is 0 Å². The van der Waals surface area contributed by atoms with Crippen LogP contribution in [0.25, 0.3) is 0 Å². The average molecular weight is 305 g/mol. The number of nitrogens with zero attached hydrogens (tertiary/aromatic N) is 3. The fraction of sp³-hybridized carbons (Fsp3) is 0.533. The molecule has 0 radical (unpaired) electrons. The lowest BCUT2D eigenvalue weighted by Crippen LogP contribution is -2.33. The first-order valence-electron chi connectivity index (χ1n) is 7.34. The van der Waals surface area contributed by atoms with Crippen molar-refractivity contribution in [2.24, 2.45) is 0 Å². The summed E-state index contributed by atoms with van der Waals surface area (Å²) in [5, 5.41) is 0.0699. The van der Waals surface area contributed by atoms with E-state index in [4.69, 9.17) is 0 Å². The van der Waals surface area contributed by atoms with Crippen molar-refractivity contribution in [3.8, 4) is 0 Å². The largest absolute Gasteiger partial charge is 0.343 e. The van der Waals surface area contributed by atoms with Crippen LogP contribution in [0.3, 0.4) is 0 Å². The summed E-state index contributed by atoms with van der Waals surface area (Å²) in [4.78, 5) is 31.6. The number of rotatable bonds is 5. The molecule has 112 valence electrons. The summed E-state index contributed by atoms with van der Waals surface area (Å²) in [6.45, 7) is 2.33. The van der Waals surface area contributed by atoms with Gasteiger partial charge in [-0.1, -0.05) is 6.07 Å². The molecule has 3 heterocycles. The van der Waals surface area contributed by atoms with E-state index in [1.165, 1.54) is 0 Å². The predicted octanol–water partition coefficient (Wildman–Crippen LogP) is 1.67. The van der Waals surface area contributed by atoms with Crippen molar-refractivity contribution in [1.29, 1.82) is 0 Å². The van der Waals surface area contributed by atoms with E-state index in [1.807, 2.05) is 28.1 Å². The molecule has 0 saturated carbocycles. The molecule has 1 unspecified atom stereocenters. The number of aromatic nitrogens is 1. The lowest BCUT2D eigenvalue weighted by molar-refractivity contribution is -0.128. The third-order valence-corrected chi connectivity index (χ3v) is 5.19. The van der Waals surface area contributed by atoms with E-state index < -0.39 is 0 Å². The van der Waals surface area contributed by atoms with E-state index in [1.54, 1.807) is 18.0 Å². The third-order valence-electron chi connectivity index (χ3n) is 3.94. The molecule has 2 saturated heterocycles. The molecule has 1 aromatic heterocycles. The van der Waals surface area contributed by atoms with Gasteiger partial charge in [-0.05, 0) is 18.9 Å². The van der Waals surface area contributed by atoms with E-state index >= 15 is 0 Å². The molecule has 5 nitrogen and oxygen atoms in total. The Hall–Kier alpha value is -1.56. The zero-order chi connectivity index (χ0) is 14.7. The van der Waals surface area contributed by atoms with Crippen LogP contribution >= 0.6 is 11.8 Å². The lowest BCUT2D eigenvalue weighted by atomic mass is 10.2. The summed E-state index contributed by atoms with van der Waals surface area (Å²) in [5.41, 5.74) is 1.07. The van der Waals surface area contributed by atoms with Gasteiger partial charge < -0.3 is 9.80 Å². The van der Waals surface area contributed by atoms with Crippen LogP contribution in [0, 0.1) is 0 Å². The molecule has 21 heavy (non-hydrogen) atoms. The Morgan fingerprint density at radius 3 is 2.90 bits per heavy atom. The number of hydrogen-bond donors (Lipinski definition) is 0. The summed E-state index contributed by atoms with van der Waals surface area (Å²) in [6.07, 6.45) is 6.06. The van der Waals surface area contributed by atoms with E-state index in [2.05, 4.69) is 4.98 Å². The van der Waals surface area contributed by atoms with Crippen molar-refractivity contribution in [3.05, 3.63) is 30.1 Å². The van der Waals surface area contributed by atoms with Gasteiger partial charge in [0, 0.05) is 44.0 Å². The summed E-state index contributed by atoms with van der Waals surface area (Å²) < 4.78 is 0. The Bertz CT molecular complexity index is 523. The van der Waals surface area contributed by atoms with Gasteiger partial charge in [-0.3, -0.25) is 14.6 Å². The Balaban J connectivity index is 1.57. The highest BCUT2D eigenvalue weighted by Crippen LogP contribution is 2.38. The maximum atomic E-state index is 12.1. The normalized spacial score (nSPS) is 22.4. The molecule has 2 amide bonds. The smallest absolute Gasteiger partial charge is 0.233 e. The lowest BCUT2D eigenvalue weighted by Gasteiger charge is -2.25. The van der Waals surface area contributed by atoms with Gasteiger partial charge in [0.15, 0.2) is 0 Å². The van der Waals surface area contributed by atoms with Gasteiger partial charge in [0.05, 0.1) is 5.75 Å². The quantitative estimate of drug-likeness (QED) is 0.830. The average Bonchev–Trinajstić information content (AvgIpc) is 3.07. The second-order valence-corrected chi connectivity index (χ2v) is 6.44. The maximum Gasteiger partial charge on any atom is 0.233 e. The topological polar surface area (TPSA) is 53.5 Å². The summed E-state index contributed by atoms with van der Waals surface area (Å²) in [6, 6.07) is 3.92. The van der Waals surface area contributed by atoms with Crippen LogP contribution in [0.5, 0.6) is 0 Å². The number of likely N-dealkylation sites (tertiary alicyclic amines) is 1. The summed E-state index contributed by atoms with van der Waals surface area (Å²) in [7, 11) is 0. The highest BCUT2D eigenvalue weighted by Gasteiger charge is 2.32. The molecular formula is C15H19N3O2S. The van der Waals surface area contributed by atoms with Crippen LogP contribution < -0.4 is 0 Å². The molecule has 0 aromatic carbocycles. The first kappa shape index (κ1) is 14.4. The zero-order valence-electron chi connectivity index (χ0n) is 11.9. The molecule has 3 rings (SSSR count). The summed E-state index contributed by atoms with van der Waals surface area (Å²) >= 11 is 1.65. The van der Waals surface area contributed by atoms with Crippen LogP contribution in [0.1, 0.15) is 30.2 Å². The fourth-order valence-electron chi connectivity index (χ4n) is 2.87. The van der Waals surface area contributed by atoms with Crippen molar-refractivity contribution in [2.45, 2.75) is 24.6 Å². The molecular weight excluding hydrogens is 286 g/mol. The highest BCUT2D eigenvalue weighted by molar-refractivity contribution is 8.00. The standard InChI is InChI=1S/C15H19N3O2S/c19-13-5-2-7-17(13)8-3-9-18-14(20)11-21-15(18)12-4-1-6-16-10-12/h1,4,6,10,15H,2-3,5,7-9,11H2. The van der Waals surface area contributed by atoms with Gasteiger partial charge in [-0.2, -0.15) is 0 Å². The number of hydrogen-bond acceptors (Lipinski definition) is 4. The van der Waals surface area contributed by atoms with Crippen LogP contribution in [0.4, 0.5) is 0 Å². The van der Waals surface area contributed by atoms with Gasteiger partial charge in [0.2, 0.25) is 11.8 Å². The number of amides is 2. The van der Waals surface area contributed by atoms with Crippen LogP contribution in [-0.4, -0.2) is 52.0 Å².